The maximum absolute atomic E-state index is 12.7. The van der Waals surface area contributed by atoms with Crippen molar-refractivity contribution in [2.24, 2.45) is 5.10 Å². The highest BCUT2D eigenvalue weighted by molar-refractivity contribution is 7.87. The summed E-state index contributed by atoms with van der Waals surface area (Å²) in [5.41, 5.74) is 6.49. The number of benzene rings is 3. The molecule has 0 saturated carbocycles. The van der Waals surface area contributed by atoms with Crippen molar-refractivity contribution in [3.05, 3.63) is 89.3 Å². The second-order valence-corrected chi connectivity index (χ2v) is 9.67. The molecule has 0 aliphatic rings. The lowest BCUT2D eigenvalue weighted by Gasteiger charge is -2.12. The maximum atomic E-state index is 12.7. The summed E-state index contributed by atoms with van der Waals surface area (Å²) in [4.78, 5) is 4.61. The average molecular weight is 494 g/mol. The number of ether oxygens (including phenoxy) is 1. The van der Waals surface area contributed by atoms with Crippen LogP contribution in [0.25, 0.3) is 11.3 Å². The van der Waals surface area contributed by atoms with Crippen LogP contribution in [0.15, 0.2) is 88.2 Å². The van der Waals surface area contributed by atoms with Crippen molar-refractivity contribution < 1.29 is 17.3 Å². The van der Waals surface area contributed by atoms with Gasteiger partial charge < -0.3 is 8.92 Å². The number of anilines is 1. The molecule has 4 rings (SSSR count). The van der Waals surface area contributed by atoms with Gasteiger partial charge >= 0.3 is 10.1 Å². The molecular weight excluding hydrogens is 470 g/mol. The topological polar surface area (TPSA) is 89.9 Å². The summed E-state index contributed by atoms with van der Waals surface area (Å²) in [5, 5.41) is 6.85. The third-order valence-electron chi connectivity index (χ3n) is 4.72. The molecule has 1 aromatic heterocycles. The van der Waals surface area contributed by atoms with E-state index in [1.54, 1.807) is 36.5 Å². The molecule has 3 aromatic carbocycles. The van der Waals surface area contributed by atoms with Crippen molar-refractivity contribution in [2.45, 2.75) is 18.7 Å². The Morgan fingerprint density at radius 1 is 1.03 bits per heavy atom. The van der Waals surface area contributed by atoms with E-state index >= 15 is 0 Å². The summed E-state index contributed by atoms with van der Waals surface area (Å²) in [6, 6.07) is 21.3. The number of aryl methyl sites for hydroxylation is 1. The zero-order valence-electron chi connectivity index (χ0n) is 18.6. The average Bonchev–Trinajstić information content (AvgIpc) is 3.31. The zero-order valence-corrected chi connectivity index (χ0v) is 20.3. The Balaban J connectivity index is 1.47. The molecule has 1 heterocycles. The fourth-order valence-corrected chi connectivity index (χ4v) is 4.65. The largest absolute Gasteiger partial charge is 0.490 e. The van der Waals surface area contributed by atoms with Gasteiger partial charge in [0.1, 0.15) is 4.90 Å². The Morgan fingerprint density at radius 3 is 2.53 bits per heavy atom. The van der Waals surface area contributed by atoms with E-state index in [-0.39, 0.29) is 10.6 Å². The highest BCUT2D eigenvalue weighted by atomic mass is 32.2. The lowest BCUT2D eigenvalue weighted by molar-refractivity contribution is 0.327. The van der Waals surface area contributed by atoms with Crippen LogP contribution in [-0.4, -0.2) is 26.2 Å². The molecule has 0 unspecified atom stereocenters. The van der Waals surface area contributed by atoms with Crippen LogP contribution in [0.2, 0.25) is 0 Å². The van der Waals surface area contributed by atoms with Gasteiger partial charge in [0.25, 0.3) is 0 Å². The Bertz CT molecular complexity index is 1380. The van der Waals surface area contributed by atoms with E-state index in [1.165, 1.54) is 23.5 Å². The van der Waals surface area contributed by atoms with Gasteiger partial charge in [-0.15, -0.1) is 11.3 Å². The van der Waals surface area contributed by atoms with Crippen LogP contribution in [0.5, 0.6) is 11.5 Å². The van der Waals surface area contributed by atoms with Crippen LogP contribution in [0.1, 0.15) is 18.1 Å². The molecule has 0 radical (unpaired) electrons. The minimum absolute atomic E-state index is 0.0775. The number of hydrogen-bond donors (Lipinski definition) is 1. The maximum Gasteiger partial charge on any atom is 0.339 e. The van der Waals surface area contributed by atoms with Crippen molar-refractivity contribution in [1.29, 1.82) is 0 Å². The normalized spacial score (nSPS) is 11.5. The van der Waals surface area contributed by atoms with Gasteiger partial charge in [-0.25, -0.2) is 4.98 Å². The lowest BCUT2D eigenvalue weighted by Crippen LogP contribution is -2.11. The van der Waals surface area contributed by atoms with Crippen molar-refractivity contribution in [3.8, 4) is 22.8 Å². The minimum Gasteiger partial charge on any atom is -0.490 e. The molecule has 1 N–H and O–H groups in total. The predicted molar refractivity (Wildman–Crippen MR) is 135 cm³/mol. The monoisotopic (exact) mass is 493 g/mol. The van der Waals surface area contributed by atoms with E-state index in [9.17, 15) is 8.42 Å². The SMILES string of the molecule is CCOc1cc(/C=N/Nc2nc(-c3ccccc3)cs2)ccc1OS(=O)(=O)c1ccc(C)cc1. The van der Waals surface area contributed by atoms with Crippen LogP contribution >= 0.6 is 11.3 Å². The molecule has 34 heavy (non-hydrogen) atoms. The number of aromatic nitrogens is 1. The van der Waals surface area contributed by atoms with Gasteiger partial charge in [-0.3, -0.25) is 5.43 Å². The van der Waals surface area contributed by atoms with E-state index < -0.39 is 10.1 Å². The van der Waals surface area contributed by atoms with E-state index in [2.05, 4.69) is 15.5 Å². The second kappa shape index (κ2) is 10.5. The standard InChI is InChI=1S/C25H23N3O4S2/c1-3-31-24-15-19(11-14-23(24)32-34(29,30)21-12-9-18(2)10-13-21)16-26-28-25-27-22(17-33-25)20-7-5-4-6-8-20/h4-17H,3H2,1-2H3,(H,27,28)/b26-16+. The van der Waals surface area contributed by atoms with Crippen LogP contribution in [0.4, 0.5) is 5.13 Å². The number of thiazole rings is 1. The second-order valence-electron chi connectivity index (χ2n) is 7.26. The quantitative estimate of drug-likeness (QED) is 0.182. The summed E-state index contributed by atoms with van der Waals surface area (Å²) in [6.07, 6.45) is 1.60. The first-order valence-electron chi connectivity index (χ1n) is 10.5. The molecule has 9 heteroatoms. The van der Waals surface area contributed by atoms with Crippen molar-refractivity contribution in [2.75, 3.05) is 12.0 Å². The van der Waals surface area contributed by atoms with E-state index in [1.807, 2.05) is 49.6 Å². The van der Waals surface area contributed by atoms with Crippen molar-refractivity contribution in [3.63, 3.8) is 0 Å². The Kier molecular flexibility index (Phi) is 7.24. The molecule has 0 amide bonds. The third kappa shape index (κ3) is 5.81. The minimum atomic E-state index is -3.99. The molecule has 4 aromatic rings. The number of hydrogen-bond acceptors (Lipinski definition) is 8. The molecule has 174 valence electrons. The first kappa shape index (κ1) is 23.5. The Morgan fingerprint density at radius 2 is 1.79 bits per heavy atom. The first-order chi connectivity index (χ1) is 16.4. The van der Waals surface area contributed by atoms with Gasteiger partial charge in [-0.2, -0.15) is 13.5 Å². The summed E-state index contributed by atoms with van der Waals surface area (Å²) in [7, 11) is -3.99. The summed E-state index contributed by atoms with van der Waals surface area (Å²) < 4.78 is 36.3. The summed E-state index contributed by atoms with van der Waals surface area (Å²) in [6.45, 7) is 4.05. The Hall–Kier alpha value is -3.69. The predicted octanol–water partition coefficient (Wildman–Crippen LogP) is 5.73. The fourth-order valence-electron chi connectivity index (χ4n) is 3.04. The van der Waals surface area contributed by atoms with Gasteiger partial charge in [0.15, 0.2) is 11.5 Å². The highest BCUT2D eigenvalue weighted by Gasteiger charge is 2.19. The highest BCUT2D eigenvalue weighted by Crippen LogP contribution is 2.31. The van der Waals surface area contributed by atoms with Gasteiger partial charge in [0.05, 0.1) is 18.5 Å². The molecule has 0 fully saturated rings. The van der Waals surface area contributed by atoms with Crippen molar-refractivity contribution >= 4 is 32.8 Å². The van der Waals surface area contributed by atoms with E-state index in [0.717, 1.165) is 16.8 Å². The number of rotatable bonds is 9. The van der Waals surface area contributed by atoms with Gasteiger partial charge in [-0.05, 0) is 49.7 Å². The van der Waals surface area contributed by atoms with Crippen LogP contribution in [0, 0.1) is 6.92 Å². The third-order valence-corrected chi connectivity index (χ3v) is 6.72. The first-order valence-corrected chi connectivity index (χ1v) is 12.8. The molecule has 7 nitrogen and oxygen atoms in total. The number of nitrogens with one attached hydrogen (secondary N) is 1. The molecule has 0 saturated heterocycles. The summed E-state index contributed by atoms with van der Waals surface area (Å²) in [5.74, 6) is 0.419. The summed E-state index contributed by atoms with van der Waals surface area (Å²) >= 11 is 1.45. The number of nitrogens with zero attached hydrogens (tertiary/aromatic N) is 2. The molecule has 0 aliphatic carbocycles. The van der Waals surface area contributed by atoms with Gasteiger partial charge in [-0.1, -0.05) is 48.0 Å². The van der Waals surface area contributed by atoms with Crippen molar-refractivity contribution in [1.82, 2.24) is 4.98 Å². The molecule has 0 bridgehead atoms. The Labute approximate surface area is 202 Å². The van der Waals surface area contributed by atoms with Crippen LogP contribution in [-0.2, 0) is 10.1 Å². The smallest absolute Gasteiger partial charge is 0.339 e. The zero-order chi connectivity index (χ0) is 24.0. The van der Waals surface area contributed by atoms with Gasteiger partial charge in [0, 0.05) is 10.9 Å². The molecule has 0 spiro atoms. The van der Waals surface area contributed by atoms with Gasteiger partial charge in [0.2, 0.25) is 5.13 Å². The van der Waals surface area contributed by atoms with Crippen LogP contribution in [0.3, 0.4) is 0 Å². The molecule has 0 aliphatic heterocycles. The van der Waals surface area contributed by atoms with Crippen LogP contribution < -0.4 is 14.3 Å². The van der Waals surface area contributed by atoms with E-state index in [0.29, 0.717) is 23.1 Å². The molecule has 0 atom stereocenters. The fraction of sp³-hybridized carbons (Fsp3) is 0.120. The lowest BCUT2D eigenvalue weighted by atomic mass is 10.2. The van der Waals surface area contributed by atoms with E-state index in [4.69, 9.17) is 8.92 Å². The molecular formula is C25H23N3O4S2. The number of hydrazone groups is 1.